The van der Waals surface area contributed by atoms with Gasteiger partial charge in [-0.2, -0.15) is 0 Å². The van der Waals surface area contributed by atoms with Crippen LogP contribution in [0.1, 0.15) is 13.3 Å². The van der Waals surface area contributed by atoms with Crippen molar-refractivity contribution < 1.29 is 4.79 Å². The fourth-order valence-electron chi connectivity index (χ4n) is 1.94. The molecule has 4 nitrogen and oxygen atoms in total. The number of likely N-dealkylation sites (N-methyl/N-ethyl adjacent to an activating group) is 1. The van der Waals surface area contributed by atoms with Crippen LogP contribution >= 0.6 is 0 Å². The molecule has 19 heavy (non-hydrogen) atoms. The van der Waals surface area contributed by atoms with Crippen LogP contribution in [0.15, 0.2) is 24.3 Å². The first kappa shape index (κ1) is 15.5. The summed E-state index contributed by atoms with van der Waals surface area (Å²) >= 11 is 0. The van der Waals surface area contributed by atoms with Crippen molar-refractivity contribution in [2.75, 3.05) is 51.1 Å². The molecule has 1 rings (SSSR count). The van der Waals surface area contributed by atoms with Gasteiger partial charge in [-0.1, -0.05) is 19.1 Å². The third kappa shape index (κ3) is 4.24. The van der Waals surface area contributed by atoms with Crippen molar-refractivity contribution in [3.63, 3.8) is 0 Å². The van der Waals surface area contributed by atoms with E-state index >= 15 is 0 Å². The van der Waals surface area contributed by atoms with Crippen LogP contribution in [0.2, 0.25) is 0 Å². The van der Waals surface area contributed by atoms with E-state index in [1.54, 1.807) is 0 Å². The van der Waals surface area contributed by atoms with Crippen LogP contribution < -0.4 is 9.80 Å². The van der Waals surface area contributed by atoms with Gasteiger partial charge >= 0.3 is 0 Å². The molecule has 0 spiro atoms. The van der Waals surface area contributed by atoms with Gasteiger partial charge in [-0.25, -0.2) is 0 Å². The second-order valence-corrected chi connectivity index (χ2v) is 5.09. The molecule has 0 N–H and O–H groups in total. The van der Waals surface area contributed by atoms with Gasteiger partial charge in [0.25, 0.3) is 0 Å². The van der Waals surface area contributed by atoms with Gasteiger partial charge in [-0.3, -0.25) is 4.79 Å². The molecule has 1 amide bonds. The molecule has 106 valence electrons. The van der Waals surface area contributed by atoms with Crippen LogP contribution in [0.3, 0.4) is 0 Å². The van der Waals surface area contributed by atoms with Crippen molar-refractivity contribution in [2.45, 2.75) is 13.3 Å². The highest BCUT2D eigenvalue weighted by atomic mass is 16.2. The lowest BCUT2D eigenvalue weighted by molar-refractivity contribution is -0.118. The molecule has 1 aromatic carbocycles. The first-order valence-corrected chi connectivity index (χ1v) is 6.68. The van der Waals surface area contributed by atoms with Gasteiger partial charge in [0.15, 0.2) is 0 Å². The number of anilines is 2. The molecule has 0 aliphatic rings. The maximum Gasteiger partial charge on any atom is 0.226 e. The number of para-hydroxylation sites is 2. The minimum atomic E-state index is 0.163. The molecular weight excluding hydrogens is 238 g/mol. The molecule has 0 unspecified atom stereocenters. The standard InChI is InChI=1S/C15H25N3O/c1-6-15(19)18(12-11-16(2)3)14-10-8-7-9-13(14)17(4)5/h7-10H,6,11-12H2,1-5H3. The third-order valence-corrected chi connectivity index (χ3v) is 3.03. The van der Waals surface area contributed by atoms with Crippen molar-refractivity contribution >= 4 is 17.3 Å². The molecule has 0 heterocycles. The van der Waals surface area contributed by atoms with E-state index < -0.39 is 0 Å². The largest absolute Gasteiger partial charge is 0.376 e. The Hall–Kier alpha value is -1.55. The fourth-order valence-corrected chi connectivity index (χ4v) is 1.94. The van der Waals surface area contributed by atoms with Gasteiger partial charge in [-0.15, -0.1) is 0 Å². The Morgan fingerprint density at radius 3 is 2.05 bits per heavy atom. The lowest BCUT2D eigenvalue weighted by Crippen LogP contribution is -2.37. The number of amides is 1. The van der Waals surface area contributed by atoms with E-state index in [9.17, 15) is 4.79 Å². The van der Waals surface area contributed by atoms with E-state index in [1.165, 1.54) is 0 Å². The Kier molecular flexibility index (Phi) is 5.83. The summed E-state index contributed by atoms with van der Waals surface area (Å²) in [5.41, 5.74) is 2.06. The maximum atomic E-state index is 12.2. The van der Waals surface area contributed by atoms with E-state index in [2.05, 4.69) is 4.90 Å². The van der Waals surface area contributed by atoms with E-state index in [1.807, 2.05) is 69.2 Å². The number of rotatable bonds is 6. The smallest absolute Gasteiger partial charge is 0.226 e. The average Bonchev–Trinajstić information content (AvgIpc) is 2.38. The fraction of sp³-hybridized carbons (Fsp3) is 0.533. The summed E-state index contributed by atoms with van der Waals surface area (Å²) in [5, 5.41) is 0. The maximum absolute atomic E-state index is 12.2. The normalized spacial score (nSPS) is 10.6. The third-order valence-electron chi connectivity index (χ3n) is 3.03. The molecule has 0 bridgehead atoms. The van der Waals surface area contributed by atoms with Crippen LogP contribution in [-0.4, -0.2) is 52.1 Å². The molecule has 0 saturated heterocycles. The summed E-state index contributed by atoms with van der Waals surface area (Å²) < 4.78 is 0. The minimum absolute atomic E-state index is 0.163. The van der Waals surface area contributed by atoms with Crippen LogP contribution in [0.5, 0.6) is 0 Å². The lowest BCUT2D eigenvalue weighted by Gasteiger charge is -2.28. The monoisotopic (exact) mass is 263 g/mol. The topological polar surface area (TPSA) is 26.8 Å². The summed E-state index contributed by atoms with van der Waals surface area (Å²) in [5.74, 6) is 0.163. The van der Waals surface area contributed by atoms with Gasteiger partial charge < -0.3 is 14.7 Å². The van der Waals surface area contributed by atoms with Crippen LogP contribution in [0.25, 0.3) is 0 Å². The van der Waals surface area contributed by atoms with Crippen molar-refractivity contribution in [2.24, 2.45) is 0 Å². The molecule has 0 aromatic heterocycles. The Balaban J connectivity index is 3.06. The van der Waals surface area contributed by atoms with Crippen molar-refractivity contribution in [3.8, 4) is 0 Å². The van der Waals surface area contributed by atoms with Gasteiger partial charge in [0, 0.05) is 33.6 Å². The predicted molar refractivity (Wildman–Crippen MR) is 82.0 cm³/mol. The number of carbonyl (C=O) groups excluding carboxylic acids is 1. The van der Waals surface area contributed by atoms with Crippen molar-refractivity contribution in [1.82, 2.24) is 4.90 Å². The second kappa shape index (κ2) is 7.14. The number of nitrogens with zero attached hydrogens (tertiary/aromatic N) is 3. The number of carbonyl (C=O) groups is 1. The highest BCUT2D eigenvalue weighted by Gasteiger charge is 2.17. The number of hydrogen-bond donors (Lipinski definition) is 0. The van der Waals surface area contributed by atoms with Gasteiger partial charge in [0.05, 0.1) is 11.4 Å². The van der Waals surface area contributed by atoms with Gasteiger partial charge in [-0.05, 0) is 26.2 Å². The van der Waals surface area contributed by atoms with Crippen molar-refractivity contribution in [3.05, 3.63) is 24.3 Å². The highest BCUT2D eigenvalue weighted by Crippen LogP contribution is 2.28. The Morgan fingerprint density at radius 1 is 1.00 bits per heavy atom. The zero-order chi connectivity index (χ0) is 14.4. The van der Waals surface area contributed by atoms with Crippen LogP contribution in [0.4, 0.5) is 11.4 Å². The second-order valence-electron chi connectivity index (χ2n) is 5.09. The first-order valence-electron chi connectivity index (χ1n) is 6.68. The molecule has 1 aromatic rings. The molecule has 0 aliphatic carbocycles. The summed E-state index contributed by atoms with van der Waals surface area (Å²) in [7, 11) is 8.04. The molecule has 0 radical (unpaired) electrons. The molecule has 0 atom stereocenters. The van der Waals surface area contributed by atoms with E-state index in [0.29, 0.717) is 13.0 Å². The summed E-state index contributed by atoms with van der Waals surface area (Å²) in [6, 6.07) is 8.03. The van der Waals surface area contributed by atoms with Gasteiger partial charge in [0.1, 0.15) is 0 Å². The first-order chi connectivity index (χ1) is 8.97. The Morgan fingerprint density at radius 2 is 1.58 bits per heavy atom. The van der Waals surface area contributed by atoms with Crippen molar-refractivity contribution in [1.29, 1.82) is 0 Å². The summed E-state index contributed by atoms with van der Waals surface area (Å²) in [6.45, 7) is 3.47. The van der Waals surface area contributed by atoms with Crippen LogP contribution in [-0.2, 0) is 4.79 Å². The van der Waals surface area contributed by atoms with E-state index in [0.717, 1.165) is 17.9 Å². The van der Waals surface area contributed by atoms with E-state index in [4.69, 9.17) is 0 Å². The number of hydrogen-bond acceptors (Lipinski definition) is 3. The highest BCUT2D eigenvalue weighted by molar-refractivity contribution is 5.96. The SMILES string of the molecule is CCC(=O)N(CCN(C)C)c1ccccc1N(C)C. The molecular formula is C15H25N3O. The molecule has 0 aliphatic heterocycles. The lowest BCUT2D eigenvalue weighted by atomic mass is 10.2. The Bertz CT molecular complexity index is 416. The molecule has 0 fully saturated rings. The van der Waals surface area contributed by atoms with Gasteiger partial charge in [0.2, 0.25) is 5.91 Å². The van der Waals surface area contributed by atoms with Crippen LogP contribution in [0, 0.1) is 0 Å². The number of benzene rings is 1. The minimum Gasteiger partial charge on any atom is -0.376 e. The summed E-state index contributed by atoms with van der Waals surface area (Å²) in [6.07, 6.45) is 0.523. The predicted octanol–water partition coefficient (Wildman–Crippen LogP) is 2.06. The zero-order valence-corrected chi connectivity index (χ0v) is 12.7. The average molecular weight is 263 g/mol. The quantitative estimate of drug-likeness (QED) is 0.786. The van der Waals surface area contributed by atoms with E-state index in [-0.39, 0.29) is 5.91 Å². The zero-order valence-electron chi connectivity index (χ0n) is 12.7. The molecule has 0 saturated carbocycles. The molecule has 4 heteroatoms. The summed E-state index contributed by atoms with van der Waals surface area (Å²) in [4.78, 5) is 18.2. The Labute approximate surface area is 116 Å².